The first-order valence-electron chi connectivity index (χ1n) is 9.79. The smallest absolute Gasteiger partial charge is 0.128 e. The summed E-state index contributed by atoms with van der Waals surface area (Å²) in [6, 6.07) is 8.44. The van der Waals surface area contributed by atoms with Crippen molar-refractivity contribution in [3.8, 4) is 5.75 Å². The molecule has 2 aliphatic rings. The SMILES string of the molecule is COc1c(C)cnc(CN[C@@H]2c3ccccc3C3(CCNCC3)[C@H]2O)c1C. The fraction of sp³-hybridized carbons (Fsp3) is 0.500. The predicted octanol–water partition coefficient (Wildman–Crippen LogP) is 2.53. The molecule has 2 heterocycles. The van der Waals surface area contributed by atoms with Crippen molar-refractivity contribution in [2.45, 2.75) is 50.8 Å². The summed E-state index contributed by atoms with van der Waals surface area (Å²) in [5.74, 6) is 0.893. The highest BCUT2D eigenvalue weighted by Gasteiger charge is 2.51. The maximum Gasteiger partial charge on any atom is 0.128 e. The number of piperidine rings is 1. The van der Waals surface area contributed by atoms with Crippen molar-refractivity contribution in [1.82, 2.24) is 15.6 Å². The molecule has 0 bridgehead atoms. The summed E-state index contributed by atoms with van der Waals surface area (Å²) in [4.78, 5) is 4.60. The first-order chi connectivity index (χ1) is 13.1. The number of hydrogen-bond donors (Lipinski definition) is 3. The Balaban J connectivity index is 1.62. The number of benzene rings is 1. The van der Waals surface area contributed by atoms with Crippen LogP contribution in [0.15, 0.2) is 30.5 Å². The van der Waals surface area contributed by atoms with Gasteiger partial charge in [-0.1, -0.05) is 24.3 Å². The molecule has 27 heavy (non-hydrogen) atoms. The van der Waals surface area contributed by atoms with Crippen LogP contribution >= 0.6 is 0 Å². The molecule has 1 fully saturated rings. The van der Waals surface area contributed by atoms with Gasteiger partial charge in [-0.25, -0.2) is 0 Å². The maximum atomic E-state index is 11.3. The lowest BCUT2D eigenvalue weighted by Gasteiger charge is -2.39. The Morgan fingerprint density at radius 2 is 2.00 bits per heavy atom. The molecule has 1 aromatic carbocycles. The summed E-state index contributed by atoms with van der Waals surface area (Å²) in [6.45, 7) is 6.56. The van der Waals surface area contributed by atoms with Gasteiger partial charge in [-0.2, -0.15) is 0 Å². The fourth-order valence-corrected chi connectivity index (χ4v) is 4.99. The first kappa shape index (κ1) is 18.4. The molecule has 2 atom stereocenters. The van der Waals surface area contributed by atoms with E-state index in [-0.39, 0.29) is 11.5 Å². The van der Waals surface area contributed by atoms with E-state index in [2.05, 4.69) is 39.9 Å². The first-order valence-corrected chi connectivity index (χ1v) is 9.79. The zero-order valence-corrected chi connectivity index (χ0v) is 16.4. The van der Waals surface area contributed by atoms with Gasteiger partial charge in [-0.15, -0.1) is 0 Å². The van der Waals surface area contributed by atoms with Crippen molar-refractivity contribution in [1.29, 1.82) is 0 Å². The second-order valence-corrected chi connectivity index (χ2v) is 7.84. The number of ether oxygens (including phenoxy) is 1. The van der Waals surface area contributed by atoms with Gasteiger partial charge < -0.3 is 20.5 Å². The van der Waals surface area contributed by atoms with Gasteiger partial charge in [-0.3, -0.25) is 4.98 Å². The third kappa shape index (κ3) is 2.94. The number of aromatic nitrogens is 1. The van der Waals surface area contributed by atoms with Gasteiger partial charge in [0.1, 0.15) is 5.75 Å². The van der Waals surface area contributed by atoms with Crippen molar-refractivity contribution in [2.24, 2.45) is 0 Å². The van der Waals surface area contributed by atoms with E-state index in [9.17, 15) is 5.11 Å². The standard InChI is InChI=1S/C22H29N3O2/c1-14-12-24-18(15(2)20(14)27-3)13-25-19-16-6-4-5-7-17(16)22(21(19)26)8-10-23-11-9-22/h4-7,12,19,21,23,25-26H,8-11,13H2,1-3H3/t19-,21+/m1/s1. The monoisotopic (exact) mass is 367 g/mol. The highest BCUT2D eigenvalue weighted by Crippen LogP contribution is 2.50. The van der Waals surface area contributed by atoms with E-state index in [1.165, 1.54) is 11.1 Å². The number of nitrogens with one attached hydrogen (secondary N) is 2. The summed E-state index contributed by atoms with van der Waals surface area (Å²) < 4.78 is 5.53. The molecule has 5 nitrogen and oxygen atoms in total. The summed E-state index contributed by atoms with van der Waals surface area (Å²) in [6.07, 6.45) is 3.37. The van der Waals surface area contributed by atoms with E-state index in [0.717, 1.165) is 48.5 Å². The van der Waals surface area contributed by atoms with E-state index in [1.807, 2.05) is 20.0 Å². The molecule has 1 aliphatic carbocycles. The molecule has 0 amide bonds. The van der Waals surface area contributed by atoms with E-state index in [1.54, 1.807) is 7.11 Å². The van der Waals surface area contributed by atoms with Crippen molar-refractivity contribution in [3.63, 3.8) is 0 Å². The average Bonchev–Trinajstić information content (AvgIpc) is 2.91. The van der Waals surface area contributed by atoms with Crippen molar-refractivity contribution < 1.29 is 9.84 Å². The Kier molecular flexibility index (Phi) is 4.93. The van der Waals surface area contributed by atoms with Crippen molar-refractivity contribution >= 4 is 0 Å². The zero-order chi connectivity index (χ0) is 19.0. The minimum Gasteiger partial charge on any atom is -0.496 e. The lowest BCUT2D eigenvalue weighted by molar-refractivity contribution is 0.0437. The minimum atomic E-state index is -0.426. The lowest BCUT2D eigenvalue weighted by Crippen LogP contribution is -2.48. The van der Waals surface area contributed by atoms with Crippen molar-refractivity contribution in [2.75, 3.05) is 20.2 Å². The molecule has 1 spiro atoms. The van der Waals surface area contributed by atoms with Gasteiger partial charge >= 0.3 is 0 Å². The van der Waals surface area contributed by atoms with Crippen LogP contribution in [0.2, 0.25) is 0 Å². The number of rotatable bonds is 4. The Morgan fingerprint density at radius 1 is 1.26 bits per heavy atom. The minimum absolute atomic E-state index is 0.0761. The molecule has 144 valence electrons. The molecule has 3 N–H and O–H groups in total. The van der Waals surface area contributed by atoms with E-state index < -0.39 is 6.10 Å². The van der Waals surface area contributed by atoms with Crippen LogP contribution in [-0.4, -0.2) is 36.4 Å². The summed E-state index contributed by atoms with van der Waals surface area (Å²) in [5, 5.41) is 18.4. The van der Waals surface area contributed by atoms with Gasteiger partial charge in [0.05, 0.1) is 24.9 Å². The summed E-state index contributed by atoms with van der Waals surface area (Å²) >= 11 is 0. The number of fused-ring (bicyclic) bond motifs is 2. The van der Waals surface area contributed by atoms with Gasteiger partial charge in [0, 0.05) is 29.3 Å². The van der Waals surface area contributed by atoms with Crippen LogP contribution in [0.5, 0.6) is 5.75 Å². The molecule has 0 radical (unpaired) electrons. The summed E-state index contributed by atoms with van der Waals surface area (Å²) in [7, 11) is 1.70. The van der Waals surface area contributed by atoms with Crippen LogP contribution in [0.1, 0.15) is 46.8 Å². The van der Waals surface area contributed by atoms with Crippen LogP contribution in [-0.2, 0) is 12.0 Å². The Morgan fingerprint density at radius 3 is 2.74 bits per heavy atom. The Hall–Kier alpha value is -1.95. The number of aliphatic hydroxyl groups is 1. The number of methoxy groups -OCH3 is 1. The van der Waals surface area contributed by atoms with Crippen LogP contribution in [0.25, 0.3) is 0 Å². The molecule has 1 aromatic heterocycles. The van der Waals surface area contributed by atoms with Gasteiger partial charge in [0.15, 0.2) is 0 Å². The van der Waals surface area contributed by atoms with Crippen LogP contribution < -0.4 is 15.4 Å². The maximum absolute atomic E-state index is 11.3. The van der Waals surface area contributed by atoms with Gasteiger partial charge in [0.2, 0.25) is 0 Å². The molecule has 0 saturated carbocycles. The highest BCUT2D eigenvalue weighted by molar-refractivity contribution is 5.46. The zero-order valence-electron chi connectivity index (χ0n) is 16.4. The van der Waals surface area contributed by atoms with Crippen LogP contribution in [0.3, 0.4) is 0 Å². The second kappa shape index (κ2) is 7.23. The molecule has 2 aromatic rings. The van der Waals surface area contributed by atoms with Gasteiger partial charge in [0.25, 0.3) is 0 Å². The Labute approximate surface area is 161 Å². The molecule has 4 rings (SSSR count). The molecular formula is C22H29N3O2. The predicted molar refractivity (Wildman–Crippen MR) is 106 cm³/mol. The molecular weight excluding hydrogens is 338 g/mol. The number of hydrogen-bond acceptors (Lipinski definition) is 5. The lowest BCUT2D eigenvalue weighted by atomic mass is 9.72. The third-order valence-electron chi connectivity index (χ3n) is 6.45. The number of nitrogens with zero attached hydrogens (tertiary/aromatic N) is 1. The van der Waals surface area contributed by atoms with E-state index in [4.69, 9.17) is 4.74 Å². The fourth-order valence-electron chi connectivity index (χ4n) is 4.99. The third-order valence-corrected chi connectivity index (χ3v) is 6.45. The summed E-state index contributed by atoms with van der Waals surface area (Å²) in [5.41, 5.74) is 5.45. The van der Waals surface area contributed by atoms with Crippen molar-refractivity contribution in [3.05, 3.63) is 58.4 Å². The number of aryl methyl sites for hydroxylation is 1. The van der Waals surface area contributed by atoms with Gasteiger partial charge in [-0.05, 0) is 50.9 Å². The number of aliphatic hydroxyl groups excluding tert-OH is 1. The van der Waals surface area contributed by atoms with Crippen LogP contribution in [0.4, 0.5) is 0 Å². The normalized spacial score (nSPS) is 23.4. The highest BCUT2D eigenvalue weighted by atomic mass is 16.5. The quantitative estimate of drug-likeness (QED) is 0.775. The number of pyridine rings is 1. The topological polar surface area (TPSA) is 66.4 Å². The largest absolute Gasteiger partial charge is 0.496 e. The Bertz CT molecular complexity index is 830. The molecule has 1 saturated heterocycles. The van der Waals surface area contributed by atoms with E-state index in [0.29, 0.717) is 6.54 Å². The van der Waals surface area contributed by atoms with E-state index >= 15 is 0 Å². The second-order valence-electron chi connectivity index (χ2n) is 7.84. The van der Waals surface area contributed by atoms with Crippen LogP contribution in [0, 0.1) is 13.8 Å². The molecule has 0 unspecified atom stereocenters. The molecule has 5 heteroatoms. The molecule has 1 aliphatic heterocycles. The average molecular weight is 367 g/mol.